The van der Waals surface area contributed by atoms with Crippen LogP contribution in [-0.4, -0.2) is 26.2 Å². The van der Waals surface area contributed by atoms with Crippen LogP contribution in [0.15, 0.2) is 97.1 Å². The molecule has 0 fully saturated rings. The summed E-state index contributed by atoms with van der Waals surface area (Å²) in [7, 11) is 2.75. The van der Waals surface area contributed by atoms with E-state index < -0.39 is 11.9 Å². The molecule has 0 atom stereocenters. The van der Waals surface area contributed by atoms with Crippen molar-refractivity contribution in [2.45, 2.75) is 0 Å². The maximum Gasteiger partial charge on any atom is 0.338 e. The molecular formula is C32H22O4. The minimum atomic E-state index is -0.465. The lowest BCUT2D eigenvalue weighted by Crippen LogP contribution is -2.09. The van der Waals surface area contributed by atoms with Gasteiger partial charge >= 0.3 is 11.9 Å². The summed E-state index contributed by atoms with van der Waals surface area (Å²) in [6.07, 6.45) is 0. The lowest BCUT2D eigenvalue weighted by atomic mass is 9.84. The third-order valence-electron chi connectivity index (χ3n) is 6.88. The Bertz CT molecular complexity index is 1710. The molecule has 6 rings (SSSR count). The van der Waals surface area contributed by atoms with Crippen LogP contribution in [0.1, 0.15) is 20.7 Å². The third kappa shape index (κ3) is 3.23. The average Bonchev–Trinajstić information content (AvgIpc) is 2.94. The van der Waals surface area contributed by atoms with Crippen LogP contribution in [0.2, 0.25) is 0 Å². The van der Waals surface area contributed by atoms with Crippen LogP contribution in [0.3, 0.4) is 0 Å². The lowest BCUT2D eigenvalue weighted by Gasteiger charge is -2.20. The molecule has 4 nitrogen and oxygen atoms in total. The molecule has 36 heavy (non-hydrogen) atoms. The topological polar surface area (TPSA) is 52.6 Å². The van der Waals surface area contributed by atoms with Crippen LogP contribution in [-0.2, 0) is 9.47 Å². The molecule has 6 aromatic carbocycles. The predicted molar refractivity (Wildman–Crippen MR) is 145 cm³/mol. The Morgan fingerprint density at radius 1 is 0.472 bits per heavy atom. The van der Waals surface area contributed by atoms with E-state index in [1.165, 1.54) is 14.2 Å². The molecule has 0 saturated carbocycles. The van der Waals surface area contributed by atoms with Crippen LogP contribution in [0.5, 0.6) is 0 Å². The van der Waals surface area contributed by atoms with Crippen molar-refractivity contribution in [3.05, 3.63) is 108 Å². The summed E-state index contributed by atoms with van der Waals surface area (Å²) in [5, 5.41) is 7.76. The van der Waals surface area contributed by atoms with Crippen molar-refractivity contribution < 1.29 is 19.1 Å². The highest BCUT2D eigenvalue weighted by Gasteiger charge is 2.25. The maximum absolute atomic E-state index is 13.2. The second kappa shape index (κ2) is 8.51. The number of rotatable bonds is 3. The van der Waals surface area contributed by atoms with E-state index in [1.807, 2.05) is 72.8 Å². The zero-order valence-corrected chi connectivity index (χ0v) is 19.9. The van der Waals surface area contributed by atoms with Crippen molar-refractivity contribution in [1.82, 2.24) is 0 Å². The van der Waals surface area contributed by atoms with Gasteiger partial charge in [0.1, 0.15) is 0 Å². The Balaban J connectivity index is 1.94. The van der Waals surface area contributed by atoms with Gasteiger partial charge < -0.3 is 9.47 Å². The Labute approximate surface area is 207 Å². The Morgan fingerprint density at radius 3 is 1.25 bits per heavy atom. The first-order valence-electron chi connectivity index (χ1n) is 11.7. The molecule has 0 heterocycles. The van der Waals surface area contributed by atoms with Gasteiger partial charge in [-0.15, -0.1) is 0 Å². The number of fused-ring (bicyclic) bond motifs is 6. The SMILES string of the molecule is COC(=O)c1ccc2ccc3ccccc3c2c1-c1c(C(=O)OC)ccc2ccc3ccccc3c12. The van der Waals surface area contributed by atoms with Crippen molar-refractivity contribution in [3.8, 4) is 11.1 Å². The number of benzene rings is 6. The first-order valence-corrected chi connectivity index (χ1v) is 11.7. The molecule has 4 heteroatoms. The van der Waals surface area contributed by atoms with Gasteiger partial charge in [0, 0.05) is 11.1 Å². The fourth-order valence-electron chi connectivity index (χ4n) is 5.27. The second-order valence-electron chi connectivity index (χ2n) is 8.73. The summed E-state index contributed by atoms with van der Waals surface area (Å²) < 4.78 is 10.5. The minimum Gasteiger partial charge on any atom is -0.465 e. The fourth-order valence-corrected chi connectivity index (χ4v) is 5.27. The molecule has 0 aliphatic carbocycles. The maximum atomic E-state index is 13.2. The summed E-state index contributed by atoms with van der Waals surface area (Å²) in [5.74, 6) is -0.930. The van der Waals surface area contributed by atoms with Gasteiger partial charge in [-0.05, 0) is 55.2 Å². The molecule has 0 radical (unpaired) electrons. The van der Waals surface area contributed by atoms with Gasteiger partial charge in [-0.1, -0.05) is 84.9 Å². The molecule has 0 amide bonds. The smallest absolute Gasteiger partial charge is 0.338 e. The van der Waals surface area contributed by atoms with Gasteiger partial charge in [0.25, 0.3) is 0 Å². The zero-order chi connectivity index (χ0) is 24.8. The van der Waals surface area contributed by atoms with Gasteiger partial charge in [0.05, 0.1) is 25.3 Å². The van der Waals surface area contributed by atoms with Crippen molar-refractivity contribution in [1.29, 1.82) is 0 Å². The monoisotopic (exact) mass is 470 g/mol. The summed E-state index contributed by atoms with van der Waals surface area (Å²) in [5.41, 5.74) is 2.12. The highest BCUT2D eigenvalue weighted by Crippen LogP contribution is 2.44. The zero-order valence-electron chi connectivity index (χ0n) is 19.9. The van der Waals surface area contributed by atoms with Crippen molar-refractivity contribution in [3.63, 3.8) is 0 Å². The van der Waals surface area contributed by atoms with Crippen LogP contribution in [0.4, 0.5) is 0 Å². The Morgan fingerprint density at radius 2 is 0.833 bits per heavy atom. The third-order valence-corrected chi connectivity index (χ3v) is 6.88. The summed E-state index contributed by atoms with van der Waals surface area (Å²) in [6, 6.07) is 31.8. The van der Waals surface area contributed by atoms with E-state index in [9.17, 15) is 9.59 Å². The quantitative estimate of drug-likeness (QED) is 0.198. The summed E-state index contributed by atoms with van der Waals surface area (Å²) in [4.78, 5) is 26.4. The number of esters is 2. The van der Waals surface area contributed by atoms with Crippen molar-refractivity contribution in [2.75, 3.05) is 14.2 Å². The Kier molecular flexibility index (Phi) is 5.15. The lowest BCUT2D eigenvalue weighted by molar-refractivity contribution is 0.0590. The standard InChI is InChI=1S/C32H22O4/c1-35-31(33)25-17-15-21-13-11-19-7-3-5-9-23(19)27(21)29(25)30-26(32(34)36-2)18-16-22-14-12-20-8-4-6-10-24(20)28(22)30/h3-18H,1-2H3. The molecule has 6 aromatic rings. The molecular weight excluding hydrogens is 448 g/mol. The van der Waals surface area contributed by atoms with Crippen LogP contribution < -0.4 is 0 Å². The molecule has 0 saturated heterocycles. The molecule has 0 spiro atoms. The van der Waals surface area contributed by atoms with Gasteiger partial charge in [-0.25, -0.2) is 9.59 Å². The van der Waals surface area contributed by atoms with E-state index in [2.05, 4.69) is 12.1 Å². The van der Waals surface area contributed by atoms with Crippen LogP contribution >= 0.6 is 0 Å². The molecule has 174 valence electrons. The average molecular weight is 471 g/mol. The molecule has 0 N–H and O–H groups in total. The summed E-state index contributed by atoms with van der Waals surface area (Å²) in [6.45, 7) is 0. The number of ether oxygens (including phenoxy) is 2. The van der Waals surface area contributed by atoms with Crippen LogP contribution in [0.25, 0.3) is 54.2 Å². The molecule has 0 aliphatic rings. The molecule has 0 unspecified atom stereocenters. The van der Waals surface area contributed by atoms with E-state index in [0.717, 1.165) is 43.1 Å². The van der Waals surface area contributed by atoms with Gasteiger partial charge in [-0.2, -0.15) is 0 Å². The van der Waals surface area contributed by atoms with Gasteiger partial charge in [0.15, 0.2) is 0 Å². The first-order chi connectivity index (χ1) is 17.6. The minimum absolute atomic E-state index is 0.395. The van der Waals surface area contributed by atoms with E-state index in [4.69, 9.17) is 9.47 Å². The normalized spacial score (nSPS) is 11.3. The van der Waals surface area contributed by atoms with E-state index in [0.29, 0.717) is 22.3 Å². The molecule has 0 aromatic heterocycles. The molecule has 0 aliphatic heterocycles. The van der Waals surface area contributed by atoms with Crippen molar-refractivity contribution in [2.24, 2.45) is 0 Å². The summed E-state index contributed by atoms with van der Waals surface area (Å²) >= 11 is 0. The number of hydrogen-bond acceptors (Lipinski definition) is 4. The number of methoxy groups -OCH3 is 2. The van der Waals surface area contributed by atoms with E-state index in [-0.39, 0.29) is 0 Å². The van der Waals surface area contributed by atoms with E-state index >= 15 is 0 Å². The molecule has 0 bridgehead atoms. The highest BCUT2D eigenvalue weighted by molar-refractivity contribution is 6.26. The Hall–Kier alpha value is -4.70. The van der Waals surface area contributed by atoms with E-state index in [1.54, 1.807) is 12.1 Å². The highest BCUT2D eigenvalue weighted by atomic mass is 16.5. The number of carbonyl (C=O) groups excluding carboxylic acids is 2. The van der Waals surface area contributed by atoms with Crippen LogP contribution in [0, 0.1) is 0 Å². The second-order valence-corrected chi connectivity index (χ2v) is 8.73. The predicted octanol–water partition coefficient (Wildman–Crippen LogP) is 7.54. The van der Waals surface area contributed by atoms with Gasteiger partial charge in [-0.3, -0.25) is 0 Å². The first kappa shape index (κ1) is 21.8. The fraction of sp³-hybridized carbons (Fsp3) is 0.0625. The van der Waals surface area contributed by atoms with Crippen molar-refractivity contribution >= 4 is 55.0 Å². The number of hydrogen-bond donors (Lipinski definition) is 0. The largest absolute Gasteiger partial charge is 0.465 e. The van der Waals surface area contributed by atoms with Gasteiger partial charge in [0.2, 0.25) is 0 Å². The number of carbonyl (C=O) groups is 2.